The Hall–Kier alpha value is -3.07. The molecule has 3 aromatic rings. The Labute approximate surface area is 170 Å². The maximum absolute atomic E-state index is 13.3. The second-order valence-electron chi connectivity index (χ2n) is 6.77. The van der Waals surface area contributed by atoms with E-state index in [1.807, 2.05) is 0 Å². The minimum absolute atomic E-state index is 0.00685. The first-order chi connectivity index (χ1) is 14.0. The Morgan fingerprint density at radius 3 is 2.76 bits per heavy atom. The second kappa shape index (κ2) is 8.12. The number of rotatable bonds is 5. The first-order valence-corrected chi connectivity index (χ1v) is 10.1. The summed E-state index contributed by atoms with van der Waals surface area (Å²) in [5.74, 6) is -1.05. The monoisotopic (exact) mass is 414 g/mol. The molecule has 0 fully saturated rings. The van der Waals surface area contributed by atoms with E-state index in [1.54, 1.807) is 22.2 Å². The lowest BCUT2D eigenvalue weighted by Gasteiger charge is -2.14. The van der Waals surface area contributed by atoms with E-state index < -0.39 is 5.97 Å². The van der Waals surface area contributed by atoms with Crippen molar-refractivity contribution < 1.29 is 18.7 Å². The Morgan fingerprint density at radius 2 is 2.00 bits per heavy atom. The molecule has 0 radical (unpaired) electrons. The molecule has 0 saturated carbocycles. The highest BCUT2D eigenvalue weighted by atomic mass is 32.1. The van der Waals surface area contributed by atoms with E-state index in [1.165, 1.54) is 30.4 Å². The maximum Gasteiger partial charge on any atom is 0.359 e. The summed E-state index contributed by atoms with van der Waals surface area (Å²) in [6.07, 6.45) is 3.55. The van der Waals surface area contributed by atoms with Gasteiger partial charge in [0.2, 0.25) is 5.91 Å². The van der Waals surface area contributed by atoms with Gasteiger partial charge in [0.15, 0.2) is 10.8 Å². The van der Waals surface area contributed by atoms with Crippen LogP contribution in [0, 0.1) is 5.82 Å². The van der Waals surface area contributed by atoms with Gasteiger partial charge in [-0.1, -0.05) is 0 Å². The summed E-state index contributed by atoms with van der Waals surface area (Å²) in [6.45, 7) is 1.40. The van der Waals surface area contributed by atoms with Crippen LogP contribution in [0.2, 0.25) is 0 Å². The molecule has 2 aromatic heterocycles. The Balaban J connectivity index is 1.54. The van der Waals surface area contributed by atoms with Crippen LogP contribution in [0.4, 0.5) is 9.52 Å². The number of carbonyl (C=O) groups excluding carboxylic acids is 2. The summed E-state index contributed by atoms with van der Waals surface area (Å²) in [7, 11) is 0. The molecule has 0 aliphatic heterocycles. The topological polar surface area (TPSA) is 86.1 Å². The van der Waals surface area contributed by atoms with Crippen LogP contribution in [0.25, 0.3) is 5.69 Å². The number of nitrogens with one attached hydrogen (secondary N) is 1. The van der Waals surface area contributed by atoms with Crippen molar-refractivity contribution in [3.05, 3.63) is 58.1 Å². The molecule has 1 aliphatic rings. The van der Waals surface area contributed by atoms with E-state index >= 15 is 0 Å². The highest BCUT2D eigenvalue weighted by molar-refractivity contribution is 7.13. The molecule has 1 amide bonds. The number of thiazole rings is 1. The molecule has 29 heavy (non-hydrogen) atoms. The predicted octanol–water partition coefficient (Wildman–Crippen LogP) is 3.66. The number of nitrogens with zero attached hydrogens (tertiary/aromatic N) is 3. The summed E-state index contributed by atoms with van der Waals surface area (Å²) >= 11 is 1.27. The van der Waals surface area contributed by atoms with Crippen LogP contribution in [0.1, 0.15) is 47.2 Å². The third-order valence-electron chi connectivity index (χ3n) is 4.63. The zero-order valence-electron chi connectivity index (χ0n) is 15.8. The predicted molar refractivity (Wildman–Crippen MR) is 106 cm³/mol. The van der Waals surface area contributed by atoms with Crippen LogP contribution >= 0.6 is 11.3 Å². The first-order valence-electron chi connectivity index (χ1n) is 9.27. The second-order valence-corrected chi connectivity index (χ2v) is 7.63. The van der Waals surface area contributed by atoms with Crippen molar-refractivity contribution in [1.29, 1.82) is 0 Å². The summed E-state index contributed by atoms with van der Waals surface area (Å²) in [5, 5.41) is 9.28. The smallest absolute Gasteiger partial charge is 0.359 e. The highest BCUT2D eigenvalue weighted by Gasteiger charge is 2.26. The van der Waals surface area contributed by atoms with Gasteiger partial charge in [-0.15, -0.1) is 11.3 Å². The van der Waals surface area contributed by atoms with Gasteiger partial charge in [-0.25, -0.2) is 18.9 Å². The molecule has 7 nitrogen and oxygen atoms in total. The molecule has 0 saturated heterocycles. The number of anilines is 1. The number of amides is 1. The molecule has 150 valence electrons. The SMILES string of the molecule is CC(=O)Nc1nc(COC(=O)c2nn(-c3ccc(F)cc3)c3c2CCCC3)cs1. The van der Waals surface area contributed by atoms with Gasteiger partial charge in [0.1, 0.15) is 12.4 Å². The Bertz CT molecular complexity index is 1060. The van der Waals surface area contributed by atoms with Crippen LogP contribution in [0.5, 0.6) is 0 Å². The number of hydrogen-bond donors (Lipinski definition) is 1. The van der Waals surface area contributed by atoms with Gasteiger partial charge in [0.25, 0.3) is 0 Å². The van der Waals surface area contributed by atoms with Gasteiger partial charge in [-0.05, 0) is 49.9 Å². The van der Waals surface area contributed by atoms with Crippen LogP contribution in [0.15, 0.2) is 29.6 Å². The average Bonchev–Trinajstić information content (AvgIpc) is 3.31. The van der Waals surface area contributed by atoms with E-state index in [0.29, 0.717) is 22.2 Å². The molecule has 9 heteroatoms. The van der Waals surface area contributed by atoms with Crippen molar-refractivity contribution >= 4 is 28.3 Å². The average molecular weight is 414 g/mol. The summed E-state index contributed by atoms with van der Waals surface area (Å²) in [5.41, 5.74) is 3.42. The Morgan fingerprint density at radius 1 is 1.24 bits per heavy atom. The maximum atomic E-state index is 13.3. The largest absolute Gasteiger partial charge is 0.454 e. The van der Waals surface area contributed by atoms with Crippen LogP contribution < -0.4 is 5.32 Å². The van der Waals surface area contributed by atoms with E-state index in [0.717, 1.165) is 36.9 Å². The lowest BCUT2D eigenvalue weighted by molar-refractivity contribution is -0.114. The van der Waals surface area contributed by atoms with E-state index in [4.69, 9.17) is 4.74 Å². The summed E-state index contributed by atoms with van der Waals surface area (Å²) < 4.78 is 20.4. The van der Waals surface area contributed by atoms with Crippen LogP contribution in [-0.4, -0.2) is 26.6 Å². The molecule has 0 bridgehead atoms. The molecular formula is C20H19FN4O3S. The lowest BCUT2D eigenvalue weighted by Crippen LogP contribution is -2.11. The number of aromatic nitrogens is 3. The zero-order chi connectivity index (χ0) is 20.4. The van der Waals surface area contributed by atoms with Gasteiger partial charge in [-0.2, -0.15) is 5.10 Å². The quantitative estimate of drug-likeness (QED) is 0.644. The van der Waals surface area contributed by atoms with Crippen molar-refractivity contribution in [3.63, 3.8) is 0 Å². The number of esters is 1. The minimum atomic E-state index is -0.516. The van der Waals surface area contributed by atoms with Crippen molar-refractivity contribution in [3.8, 4) is 5.69 Å². The van der Waals surface area contributed by atoms with Crippen LogP contribution in [-0.2, 0) is 29.0 Å². The number of benzene rings is 1. The Kier molecular flexibility index (Phi) is 5.39. The van der Waals surface area contributed by atoms with Crippen molar-refractivity contribution in [2.24, 2.45) is 0 Å². The van der Waals surface area contributed by atoms with Gasteiger partial charge in [-0.3, -0.25) is 4.79 Å². The molecule has 1 aromatic carbocycles. The summed E-state index contributed by atoms with van der Waals surface area (Å²) in [6, 6.07) is 6.04. The van der Waals surface area contributed by atoms with Crippen LogP contribution in [0.3, 0.4) is 0 Å². The molecule has 0 spiro atoms. The number of fused-ring (bicyclic) bond motifs is 1. The molecule has 0 atom stereocenters. The number of ether oxygens (including phenoxy) is 1. The standard InChI is InChI=1S/C20H19FN4O3S/c1-12(26)22-20-23-14(11-29-20)10-28-19(27)18-16-4-2-3-5-17(16)25(24-18)15-8-6-13(21)7-9-15/h6-9,11H,2-5,10H2,1H3,(H,22,23,26). The van der Waals surface area contributed by atoms with Crippen molar-refractivity contribution in [2.75, 3.05) is 5.32 Å². The lowest BCUT2D eigenvalue weighted by atomic mass is 9.95. The van der Waals surface area contributed by atoms with E-state index in [-0.39, 0.29) is 18.3 Å². The number of hydrogen-bond acceptors (Lipinski definition) is 6. The highest BCUT2D eigenvalue weighted by Crippen LogP contribution is 2.28. The fourth-order valence-electron chi connectivity index (χ4n) is 3.35. The fraction of sp³-hybridized carbons (Fsp3) is 0.300. The molecular weight excluding hydrogens is 395 g/mol. The molecule has 2 heterocycles. The van der Waals surface area contributed by atoms with E-state index in [9.17, 15) is 14.0 Å². The van der Waals surface area contributed by atoms with Crippen molar-refractivity contribution in [2.45, 2.75) is 39.2 Å². The number of halogens is 1. The summed E-state index contributed by atoms with van der Waals surface area (Å²) in [4.78, 5) is 28.0. The molecule has 1 N–H and O–H groups in total. The third-order valence-corrected chi connectivity index (χ3v) is 5.44. The molecule has 4 rings (SSSR count). The van der Waals surface area contributed by atoms with Crippen molar-refractivity contribution in [1.82, 2.24) is 14.8 Å². The normalized spacial score (nSPS) is 13.0. The molecule has 1 aliphatic carbocycles. The van der Waals surface area contributed by atoms with Gasteiger partial charge in [0, 0.05) is 23.6 Å². The zero-order valence-corrected chi connectivity index (χ0v) is 16.6. The van der Waals surface area contributed by atoms with Gasteiger partial charge in [0.05, 0.1) is 11.4 Å². The van der Waals surface area contributed by atoms with Gasteiger partial charge < -0.3 is 10.1 Å². The van der Waals surface area contributed by atoms with Gasteiger partial charge >= 0.3 is 5.97 Å². The minimum Gasteiger partial charge on any atom is -0.454 e. The number of carbonyl (C=O) groups is 2. The third kappa shape index (κ3) is 4.19. The fourth-order valence-corrected chi connectivity index (χ4v) is 4.09. The first kappa shape index (κ1) is 19.3. The molecule has 0 unspecified atom stereocenters. The van der Waals surface area contributed by atoms with E-state index in [2.05, 4.69) is 15.4 Å².